The molecule has 0 spiro atoms. The second kappa shape index (κ2) is 27.0. The van der Waals surface area contributed by atoms with Crippen molar-refractivity contribution < 1.29 is 28.6 Å². The SMILES string of the molecule is CCCCCCCC(=O)OCCC[C@@H](CC[C@@H](C)OC(=O)CCCCCCC)OC(=O)CCCCCCC. The summed E-state index contributed by atoms with van der Waals surface area (Å²) in [4.78, 5) is 36.6. The molecule has 0 N–H and O–H groups in total. The van der Waals surface area contributed by atoms with Crippen molar-refractivity contribution in [2.75, 3.05) is 6.61 Å². The van der Waals surface area contributed by atoms with Crippen molar-refractivity contribution in [2.24, 2.45) is 0 Å². The molecule has 0 aliphatic heterocycles. The van der Waals surface area contributed by atoms with Crippen molar-refractivity contribution in [3.05, 3.63) is 0 Å². The molecular formula is C32H60O6. The fourth-order valence-corrected chi connectivity index (χ4v) is 4.46. The van der Waals surface area contributed by atoms with E-state index in [1.54, 1.807) is 0 Å². The van der Waals surface area contributed by atoms with E-state index in [-0.39, 0.29) is 30.1 Å². The van der Waals surface area contributed by atoms with Crippen molar-refractivity contribution in [1.82, 2.24) is 0 Å². The Balaban J connectivity index is 4.42. The van der Waals surface area contributed by atoms with Crippen LogP contribution >= 0.6 is 0 Å². The molecule has 6 nitrogen and oxygen atoms in total. The molecule has 0 amide bonds. The van der Waals surface area contributed by atoms with Crippen molar-refractivity contribution in [1.29, 1.82) is 0 Å². The van der Waals surface area contributed by atoms with Gasteiger partial charge in [-0.2, -0.15) is 0 Å². The lowest BCUT2D eigenvalue weighted by atomic mass is 10.1. The minimum Gasteiger partial charge on any atom is -0.466 e. The van der Waals surface area contributed by atoms with E-state index in [0.717, 1.165) is 44.9 Å². The standard InChI is InChI=1S/C32H60O6/c1-5-8-11-14-17-22-30(33)36-27-20-21-29(38-32(35)24-19-16-13-10-7-3)26-25-28(4)37-31(34)23-18-15-12-9-6-2/h28-29H,5-27H2,1-4H3/t28-,29+/m1/s1. The van der Waals surface area contributed by atoms with Crippen LogP contribution in [0.3, 0.4) is 0 Å². The lowest BCUT2D eigenvalue weighted by Crippen LogP contribution is -2.22. The van der Waals surface area contributed by atoms with E-state index in [1.807, 2.05) is 6.92 Å². The highest BCUT2D eigenvalue weighted by Gasteiger charge is 2.18. The van der Waals surface area contributed by atoms with Crippen LogP contribution < -0.4 is 0 Å². The Labute approximate surface area is 234 Å². The predicted octanol–water partition coefficient (Wildman–Crippen LogP) is 9.02. The van der Waals surface area contributed by atoms with Crippen LogP contribution in [0.5, 0.6) is 0 Å². The molecule has 0 saturated carbocycles. The molecule has 0 aromatic carbocycles. The lowest BCUT2D eigenvalue weighted by molar-refractivity contribution is -0.153. The molecule has 2 atom stereocenters. The first kappa shape index (κ1) is 36.4. The monoisotopic (exact) mass is 540 g/mol. The van der Waals surface area contributed by atoms with E-state index < -0.39 is 0 Å². The maximum absolute atomic E-state index is 12.4. The average Bonchev–Trinajstić information content (AvgIpc) is 2.89. The first-order chi connectivity index (χ1) is 18.4. The number of rotatable bonds is 27. The molecule has 0 unspecified atom stereocenters. The Morgan fingerprint density at radius 3 is 1.45 bits per heavy atom. The van der Waals surface area contributed by atoms with Crippen LogP contribution in [0.1, 0.15) is 169 Å². The lowest BCUT2D eigenvalue weighted by Gasteiger charge is -2.20. The molecule has 0 aliphatic carbocycles. The summed E-state index contributed by atoms with van der Waals surface area (Å²) in [6.07, 6.45) is 20.0. The molecular weight excluding hydrogens is 480 g/mol. The Morgan fingerprint density at radius 1 is 0.500 bits per heavy atom. The fourth-order valence-electron chi connectivity index (χ4n) is 4.46. The van der Waals surface area contributed by atoms with Gasteiger partial charge in [0.05, 0.1) is 12.7 Å². The third-order valence-electron chi connectivity index (χ3n) is 6.91. The molecule has 0 fully saturated rings. The molecule has 6 heteroatoms. The molecule has 224 valence electrons. The van der Waals surface area contributed by atoms with Crippen LogP contribution in [-0.4, -0.2) is 36.7 Å². The summed E-state index contributed by atoms with van der Waals surface area (Å²) in [5.74, 6) is -0.444. The number of ether oxygens (including phenoxy) is 3. The summed E-state index contributed by atoms with van der Waals surface area (Å²) in [5.41, 5.74) is 0. The van der Waals surface area contributed by atoms with Gasteiger partial charge in [-0.1, -0.05) is 97.8 Å². The number of esters is 3. The average molecular weight is 541 g/mol. The van der Waals surface area contributed by atoms with Crippen molar-refractivity contribution in [3.8, 4) is 0 Å². The summed E-state index contributed by atoms with van der Waals surface area (Å²) in [6, 6.07) is 0. The highest BCUT2D eigenvalue weighted by molar-refractivity contribution is 5.70. The fraction of sp³-hybridized carbons (Fsp3) is 0.906. The highest BCUT2D eigenvalue weighted by atomic mass is 16.6. The Hall–Kier alpha value is -1.59. The minimum atomic E-state index is -0.249. The van der Waals surface area contributed by atoms with Crippen molar-refractivity contribution >= 4 is 17.9 Å². The van der Waals surface area contributed by atoms with Gasteiger partial charge in [0.15, 0.2) is 0 Å². The van der Waals surface area contributed by atoms with Gasteiger partial charge in [0.1, 0.15) is 6.10 Å². The van der Waals surface area contributed by atoms with Gasteiger partial charge in [-0.05, 0) is 51.9 Å². The van der Waals surface area contributed by atoms with E-state index in [1.165, 1.54) is 51.4 Å². The molecule has 0 rings (SSSR count). The number of hydrogen-bond acceptors (Lipinski definition) is 6. The molecule has 0 aromatic rings. The van der Waals surface area contributed by atoms with Gasteiger partial charge < -0.3 is 14.2 Å². The molecule has 0 bridgehead atoms. The quantitative estimate of drug-likeness (QED) is 0.0587. The van der Waals surface area contributed by atoms with Gasteiger partial charge in [0, 0.05) is 19.3 Å². The number of carbonyl (C=O) groups is 3. The zero-order valence-electron chi connectivity index (χ0n) is 25.4. The highest BCUT2D eigenvalue weighted by Crippen LogP contribution is 2.17. The molecule has 0 aliphatic rings. The number of unbranched alkanes of at least 4 members (excludes halogenated alkanes) is 12. The summed E-state index contributed by atoms with van der Waals surface area (Å²) >= 11 is 0. The van der Waals surface area contributed by atoms with Gasteiger partial charge >= 0.3 is 17.9 Å². The van der Waals surface area contributed by atoms with E-state index in [9.17, 15) is 14.4 Å². The molecule has 0 aromatic heterocycles. The van der Waals surface area contributed by atoms with E-state index in [4.69, 9.17) is 14.2 Å². The maximum atomic E-state index is 12.4. The molecule has 0 heterocycles. The van der Waals surface area contributed by atoms with Gasteiger partial charge in [0.25, 0.3) is 0 Å². The largest absolute Gasteiger partial charge is 0.466 e. The predicted molar refractivity (Wildman–Crippen MR) is 155 cm³/mol. The Kier molecular flexibility index (Phi) is 25.9. The first-order valence-corrected chi connectivity index (χ1v) is 16.0. The maximum Gasteiger partial charge on any atom is 0.306 e. The smallest absolute Gasteiger partial charge is 0.306 e. The van der Waals surface area contributed by atoms with E-state index in [0.29, 0.717) is 51.6 Å². The van der Waals surface area contributed by atoms with Crippen molar-refractivity contribution in [2.45, 2.75) is 181 Å². The van der Waals surface area contributed by atoms with Crippen LogP contribution in [0.15, 0.2) is 0 Å². The van der Waals surface area contributed by atoms with Crippen LogP contribution in [0.4, 0.5) is 0 Å². The third-order valence-corrected chi connectivity index (χ3v) is 6.91. The second-order valence-corrected chi connectivity index (χ2v) is 10.8. The third kappa shape index (κ3) is 24.7. The van der Waals surface area contributed by atoms with Gasteiger partial charge in [-0.25, -0.2) is 0 Å². The Morgan fingerprint density at radius 2 is 0.947 bits per heavy atom. The summed E-state index contributed by atoms with van der Waals surface area (Å²) < 4.78 is 16.8. The van der Waals surface area contributed by atoms with Gasteiger partial charge in [0.2, 0.25) is 0 Å². The topological polar surface area (TPSA) is 78.9 Å². The minimum absolute atomic E-state index is 0.141. The molecule has 38 heavy (non-hydrogen) atoms. The van der Waals surface area contributed by atoms with Gasteiger partial charge in [-0.3, -0.25) is 14.4 Å². The normalized spacial score (nSPS) is 12.6. The Bertz CT molecular complexity index is 576. The summed E-state index contributed by atoms with van der Waals surface area (Å²) in [5, 5.41) is 0. The van der Waals surface area contributed by atoms with Crippen LogP contribution in [0.2, 0.25) is 0 Å². The van der Waals surface area contributed by atoms with Crippen LogP contribution in [-0.2, 0) is 28.6 Å². The van der Waals surface area contributed by atoms with Crippen LogP contribution in [0, 0.1) is 0 Å². The van der Waals surface area contributed by atoms with E-state index >= 15 is 0 Å². The van der Waals surface area contributed by atoms with Gasteiger partial charge in [-0.15, -0.1) is 0 Å². The second-order valence-electron chi connectivity index (χ2n) is 10.8. The summed E-state index contributed by atoms with van der Waals surface area (Å²) in [6.45, 7) is 8.79. The molecule has 0 radical (unpaired) electrons. The molecule has 0 saturated heterocycles. The summed E-state index contributed by atoms with van der Waals surface area (Å²) in [7, 11) is 0. The zero-order chi connectivity index (χ0) is 28.3. The van der Waals surface area contributed by atoms with E-state index in [2.05, 4.69) is 20.8 Å². The van der Waals surface area contributed by atoms with Crippen molar-refractivity contribution in [3.63, 3.8) is 0 Å². The van der Waals surface area contributed by atoms with Crippen LogP contribution in [0.25, 0.3) is 0 Å². The number of hydrogen-bond donors (Lipinski definition) is 0. The number of carbonyl (C=O) groups excluding carboxylic acids is 3. The zero-order valence-corrected chi connectivity index (χ0v) is 25.4. The first-order valence-electron chi connectivity index (χ1n) is 16.0.